The molecule has 0 N–H and O–H groups in total. The number of rotatable bonds is 0. The van der Waals surface area contributed by atoms with Crippen molar-refractivity contribution >= 4 is 21.9 Å². The van der Waals surface area contributed by atoms with Gasteiger partial charge in [-0.05, 0) is 6.42 Å². The fraction of sp³-hybridized carbons (Fsp3) is 0.857. The Kier molecular flexibility index (Phi) is 2.04. The average Bonchev–Trinajstić information content (AvgIpc) is 1.79. The summed E-state index contributed by atoms with van der Waals surface area (Å²) in [7, 11) is 0. The Hall–Kier alpha value is -0.0500. The Balaban J connectivity index is 2.57. The number of esters is 1. The van der Waals surface area contributed by atoms with Crippen molar-refractivity contribution in [2.75, 3.05) is 6.61 Å². The number of ether oxygens (including phenoxy) is 1. The molecule has 1 fully saturated rings. The number of carbonyl (C=O) groups excluding carboxylic acids is 1. The number of hydrogen-bond donors (Lipinski definition) is 0. The van der Waals surface area contributed by atoms with Gasteiger partial charge in [0.15, 0.2) is 0 Å². The maximum absolute atomic E-state index is 10.8. The van der Waals surface area contributed by atoms with Crippen LogP contribution >= 0.6 is 15.9 Å². The van der Waals surface area contributed by atoms with E-state index in [-0.39, 0.29) is 16.2 Å². The number of cyclic esters (lactones) is 1. The van der Waals surface area contributed by atoms with Gasteiger partial charge in [-0.1, -0.05) is 29.8 Å². The van der Waals surface area contributed by atoms with Crippen LogP contribution < -0.4 is 0 Å². The molecule has 0 amide bonds. The molecule has 1 saturated heterocycles. The maximum atomic E-state index is 10.8. The monoisotopic (exact) mass is 206 g/mol. The Morgan fingerprint density at radius 1 is 1.70 bits per heavy atom. The lowest BCUT2D eigenvalue weighted by molar-refractivity contribution is -0.151. The molecular weight excluding hydrogens is 196 g/mol. The Morgan fingerprint density at radius 3 is 2.70 bits per heavy atom. The van der Waals surface area contributed by atoms with Crippen molar-refractivity contribution in [3.05, 3.63) is 0 Å². The van der Waals surface area contributed by atoms with Gasteiger partial charge in [0.1, 0.15) is 4.83 Å². The number of halogens is 1. The van der Waals surface area contributed by atoms with Crippen LogP contribution in [0.15, 0.2) is 0 Å². The van der Waals surface area contributed by atoms with Crippen LogP contribution in [0.5, 0.6) is 0 Å². The standard InChI is InChI=1S/C7H11BrO2/c1-7(2)3-5(8)6(9)10-4-7/h5H,3-4H2,1-2H3/t5-/m1/s1. The van der Waals surface area contributed by atoms with Crippen molar-refractivity contribution in [2.24, 2.45) is 5.41 Å². The SMILES string of the molecule is CC1(C)COC(=O)[C@H](Br)C1. The molecule has 2 nitrogen and oxygen atoms in total. The van der Waals surface area contributed by atoms with Crippen LogP contribution in [0.3, 0.4) is 0 Å². The third-order valence-electron chi connectivity index (χ3n) is 1.59. The van der Waals surface area contributed by atoms with Crippen LogP contribution in [-0.2, 0) is 9.53 Å². The van der Waals surface area contributed by atoms with Crippen LogP contribution in [0, 0.1) is 5.41 Å². The van der Waals surface area contributed by atoms with Gasteiger partial charge < -0.3 is 4.74 Å². The molecule has 0 bridgehead atoms. The fourth-order valence-electron chi connectivity index (χ4n) is 0.984. The molecule has 10 heavy (non-hydrogen) atoms. The quantitative estimate of drug-likeness (QED) is 0.446. The first-order chi connectivity index (χ1) is 4.51. The van der Waals surface area contributed by atoms with Gasteiger partial charge in [0, 0.05) is 5.41 Å². The summed E-state index contributed by atoms with van der Waals surface area (Å²) in [5, 5.41) is 0. The topological polar surface area (TPSA) is 26.3 Å². The molecule has 0 aromatic carbocycles. The summed E-state index contributed by atoms with van der Waals surface area (Å²) in [6, 6.07) is 0. The van der Waals surface area contributed by atoms with Crippen LogP contribution in [0.4, 0.5) is 0 Å². The molecule has 1 aliphatic rings. The van der Waals surface area contributed by atoms with Gasteiger partial charge in [-0.25, -0.2) is 0 Å². The van der Waals surface area contributed by atoms with Crippen LogP contribution in [0.25, 0.3) is 0 Å². The van der Waals surface area contributed by atoms with E-state index in [9.17, 15) is 4.79 Å². The molecule has 0 saturated carbocycles. The van der Waals surface area contributed by atoms with Crippen LogP contribution in [-0.4, -0.2) is 17.4 Å². The van der Waals surface area contributed by atoms with Gasteiger partial charge in [0.25, 0.3) is 0 Å². The lowest BCUT2D eigenvalue weighted by Crippen LogP contribution is -2.36. The van der Waals surface area contributed by atoms with Crippen molar-refractivity contribution in [3.8, 4) is 0 Å². The molecule has 1 heterocycles. The molecule has 0 spiro atoms. The summed E-state index contributed by atoms with van der Waals surface area (Å²) in [6.45, 7) is 4.73. The molecule has 1 aliphatic heterocycles. The lowest BCUT2D eigenvalue weighted by atomic mass is 9.87. The maximum Gasteiger partial charge on any atom is 0.319 e. The molecule has 3 heteroatoms. The summed E-state index contributed by atoms with van der Waals surface area (Å²) in [4.78, 5) is 10.7. The van der Waals surface area contributed by atoms with Gasteiger partial charge >= 0.3 is 5.97 Å². The third kappa shape index (κ3) is 1.72. The first-order valence-electron chi connectivity index (χ1n) is 3.32. The minimum atomic E-state index is -0.126. The van der Waals surface area contributed by atoms with E-state index >= 15 is 0 Å². The molecule has 58 valence electrons. The van der Waals surface area contributed by atoms with E-state index < -0.39 is 0 Å². The van der Waals surface area contributed by atoms with E-state index in [2.05, 4.69) is 29.8 Å². The summed E-state index contributed by atoms with van der Waals surface area (Å²) in [6.07, 6.45) is 0.867. The number of carbonyl (C=O) groups is 1. The Morgan fingerprint density at radius 2 is 2.30 bits per heavy atom. The summed E-state index contributed by atoms with van der Waals surface area (Å²) < 4.78 is 4.92. The van der Waals surface area contributed by atoms with Crippen molar-refractivity contribution < 1.29 is 9.53 Å². The molecule has 0 aromatic rings. The fourth-order valence-corrected chi connectivity index (χ4v) is 1.99. The van der Waals surface area contributed by atoms with Gasteiger partial charge in [-0.15, -0.1) is 0 Å². The van der Waals surface area contributed by atoms with E-state index in [1.54, 1.807) is 0 Å². The predicted molar refractivity (Wildman–Crippen MR) is 42.1 cm³/mol. The van der Waals surface area contributed by atoms with Crippen molar-refractivity contribution in [2.45, 2.75) is 25.1 Å². The van der Waals surface area contributed by atoms with Crippen molar-refractivity contribution in [1.82, 2.24) is 0 Å². The van der Waals surface area contributed by atoms with Gasteiger partial charge in [0.2, 0.25) is 0 Å². The second-order valence-electron chi connectivity index (χ2n) is 3.44. The molecule has 0 radical (unpaired) electrons. The molecule has 1 atom stereocenters. The van der Waals surface area contributed by atoms with Gasteiger partial charge in [-0.2, -0.15) is 0 Å². The molecule has 0 unspecified atom stereocenters. The second kappa shape index (κ2) is 2.53. The van der Waals surface area contributed by atoms with E-state index in [1.165, 1.54) is 0 Å². The highest BCUT2D eigenvalue weighted by Crippen LogP contribution is 2.30. The molecule has 0 aliphatic carbocycles. The van der Waals surface area contributed by atoms with E-state index in [0.29, 0.717) is 6.61 Å². The number of alkyl halides is 1. The molecule has 1 rings (SSSR count). The van der Waals surface area contributed by atoms with Gasteiger partial charge in [-0.3, -0.25) is 4.79 Å². The van der Waals surface area contributed by atoms with Crippen LogP contribution in [0.1, 0.15) is 20.3 Å². The third-order valence-corrected chi connectivity index (χ3v) is 2.29. The summed E-state index contributed by atoms with van der Waals surface area (Å²) >= 11 is 3.25. The molecular formula is C7H11BrO2. The highest BCUT2D eigenvalue weighted by atomic mass is 79.9. The van der Waals surface area contributed by atoms with Crippen molar-refractivity contribution in [3.63, 3.8) is 0 Å². The Labute approximate surface area is 69.1 Å². The highest BCUT2D eigenvalue weighted by molar-refractivity contribution is 9.10. The average molecular weight is 207 g/mol. The van der Waals surface area contributed by atoms with E-state index in [4.69, 9.17) is 4.74 Å². The largest absolute Gasteiger partial charge is 0.464 e. The smallest absolute Gasteiger partial charge is 0.319 e. The minimum absolute atomic E-state index is 0.101. The van der Waals surface area contributed by atoms with Crippen LogP contribution in [0.2, 0.25) is 0 Å². The predicted octanol–water partition coefficient (Wildman–Crippen LogP) is 1.72. The van der Waals surface area contributed by atoms with Gasteiger partial charge in [0.05, 0.1) is 6.61 Å². The second-order valence-corrected chi connectivity index (χ2v) is 4.55. The summed E-state index contributed by atoms with van der Waals surface area (Å²) in [5.74, 6) is -0.126. The minimum Gasteiger partial charge on any atom is -0.464 e. The zero-order chi connectivity index (χ0) is 7.78. The van der Waals surface area contributed by atoms with Crippen molar-refractivity contribution in [1.29, 1.82) is 0 Å². The first kappa shape index (κ1) is 8.05. The normalized spacial score (nSPS) is 31.5. The number of hydrogen-bond acceptors (Lipinski definition) is 2. The zero-order valence-electron chi connectivity index (χ0n) is 6.19. The van der Waals surface area contributed by atoms with E-state index in [0.717, 1.165) is 6.42 Å². The zero-order valence-corrected chi connectivity index (χ0v) is 7.77. The van der Waals surface area contributed by atoms with E-state index in [1.807, 2.05) is 0 Å². The summed E-state index contributed by atoms with van der Waals surface area (Å²) in [5.41, 5.74) is 0.141. The Bertz CT molecular complexity index is 154. The highest BCUT2D eigenvalue weighted by Gasteiger charge is 2.33. The lowest BCUT2D eigenvalue weighted by Gasteiger charge is -2.31. The molecule has 0 aromatic heterocycles. The first-order valence-corrected chi connectivity index (χ1v) is 4.23.